The Morgan fingerprint density at radius 2 is 1.91 bits per heavy atom. The highest BCUT2D eigenvalue weighted by molar-refractivity contribution is 5.97. The highest BCUT2D eigenvalue weighted by Crippen LogP contribution is 2.10. The lowest BCUT2D eigenvalue weighted by Crippen LogP contribution is -2.40. The number of terminal acetylenes is 1. The summed E-state index contributed by atoms with van der Waals surface area (Å²) in [5.74, 6) is 0.636. The van der Waals surface area contributed by atoms with Gasteiger partial charge in [-0.15, -0.1) is 12.3 Å². The Morgan fingerprint density at radius 1 is 1.27 bits per heavy atom. The summed E-state index contributed by atoms with van der Waals surface area (Å²) < 4.78 is 0. The van der Waals surface area contributed by atoms with Crippen molar-refractivity contribution in [3.63, 3.8) is 0 Å². The Labute approximate surface area is 128 Å². The number of hydrogen-bond donors (Lipinski definition) is 3. The number of carbonyl (C=O) groups is 3. The van der Waals surface area contributed by atoms with Crippen LogP contribution < -0.4 is 10.6 Å². The molecule has 0 spiro atoms. The third kappa shape index (κ3) is 5.67. The molecule has 2 amide bonds. The maximum absolute atomic E-state index is 12.0. The van der Waals surface area contributed by atoms with Crippen LogP contribution in [0.1, 0.15) is 36.5 Å². The zero-order valence-corrected chi connectivity index (χ0v) is 12.3. The Morgan fingerprint density at radius 3 is 2.41 bits per heavy atom. The van der Waals surface area contributed by atoms with E-state index < -0.39 is 17.9 Å². The average Bonchev–Trinajstić information content (AvgIpc) is 2.46. The SMILES string of the molecule is C#CCCC[C@@H](NC(=O)c1ccc(NC(C)=O)cc1)C(=O)O. The van der Waals surface area contributed by atoms with Gasteiger partial charge in [0.25, 0.3) is 5.91 Å². The van der Waals surface area contributed by atoms with Crippen molar-refractivity contribution in [1.82, 2.24) is 5.32 Å². The second-order valence-electron chi connectivity index (χ2n) is 4.72. The normalized spacial score (nSPS) is 11.1. The minimum Gasteiger partial charge on any atom is -0.480 e. The van der Waals surface area contributed by atoms with Gasteiger partial charge in [-0.1, -0.05) is 0 Å². The van der Waals surface area contributed by atoms with Crippen molar-refractivity contribution < 1.29 is 19.5 Å². The zero-order chi connectivity index (χ0) is 16.5. The second-order valence-corrected chi connectivity index (χ2v) is 4.72. The van der Waals surface area contributed by atoms with Crippen LogP contribution in [0.2, 0.25) is 0 Å². The zero-order valence-electron chi connectivity index (χ0n) is 12.3. The van der Waals surface area contributed by atoms with E-state index in [-0.39, 0.29) is 12.3 Å². The fraction of sp³-hybridized carbons (Fsp3) is 0.312. The van der Waals surface area contributed by atoms with E-state index in [0.717, 1.165) is 0 Å². The number of carboxylic acid groups (broad SMARTS) is 1. The van der Waals surface area contributed by atoms with Crippen molar-refractivity contribution in [2.75, 3.05) is 5.32 Å². The molecule has 0 aliphatic heterocycles. The summed E-state index contributed by atoms with van der Waals surface area (Å²) in [6.45, 7) is 1.38. The van der Waals surface area contributed by atoms with Gasteiger partial charge in [0.1, 0.15) is 6.04 Å². The van der Waals surface area contributed by atoms with E-state index in [9.17, 15) is 14.4 Å². The highest BCUT2D eigenvalue weighted by Gasteiger charge is 2.20. The summed E-state index contributed by atoms with van der Waals surface area (Å²) in [4.78, 5) is 34.1. The van der Waals surface area contributed by atoms with Crippen LogP contribution >= 0.6 is 0 Å². The van der Waals surface area contributed by atoms with Gasteiger partial charge < -0.3 is 15.7 Å². The van der Waals surface area contributed by atoms with Crippen LogP contribution in [0.15, 0.2) is 24.3 Å². The van der Waals surface area contributed by atoms with E-state index in [1.165, 1.54) is 19.1 Å². The fourth-order valence-electron chi connectivity index (χ4n) is 1.82. The van der Waals surface area contributed by atoms with Gasteiger partial charge in [-0.2, -0.15) is 0 Å². The molecule has 1 aromatic carbocycles. The standard InChI is InChI=1S/C16H18N2O4/c1-3-4-5-6-14(16(21)22)18-15(20)12-7-9-13(10-8-12)17-11(2)19/h1,7-10,14H,4-6H2,2H3,(H,17,19)(H,18,20)(H,21,22)/t14-/m1/s1. The number of benzene rings is 1. The van der Waals surface area contributed by atoms with Crippen molar-refractivity contribution in [3.05, 3.63) is 29.8 Å². The predicted octanol–water partition coefficient (Wildman–Crippen LogP) is 1.63. The Hall–Kier alpha value is -2.81. The first kappa shape index (κ1) is 17.2. The summed E-state index contributed by atoms with van der Waals surface area (Å²) in [6.07, 6.45) is 6.38. The topological polar surface area (TPSA) is 95.5 Å². The summed E-state index contributed by atoms with van der Waals surface area (Å²) in [5.41, 5.74) is 0.880. The number of unbranched alkanes of at least 4 members (excludes halogenated alkanes) is 1. The van der Waals surface area contributed by atoms with E-state index in [1.54, 1.807) is 12.1 Å². The maximum Gasteiger partial charge on any atom is 0.326 e. The lowest BCUT2D eigenvalue weighted by Gasteiger charge is -2.14. The molecule has 0 radical (unpaired) electrons. The number of carboxylic acids is 1. The third-order valence-electron chi connectivity index (χ3n) is 2.88. The summed E-state index contributed by atoms with van der Waals surface area (Å²) in [6, 6.07) is 5.20. The molecule has 0 aromatic heterocycles. The molecule has 0 fully saturated rings. The first-order valence-electron chi connectivity index (χ1n) is 6.79. The van der Waals surface area contributed by atoms with E-state index in [4.69, 9.17) is 11.5 Å². The number of aliphatic carboxylic acids is 1. The quantitative estimate of drug-likeness (QED) is 0.527. The average molecular weight is 302 g/mol. The molecule has 0 bridgehead atoms. The van der Waals surface area contributed by atoms with Crippen molar-refractivity contribution in [2.45, 2.75) is 32.2 Å². The molecule has 0 saturated carbocycles. The van der Waals surface area contributed by atoms with Gasteiger partial charge in [0.15, 0.2) is 0 Å². The number of anilines is 1. The lowest BCUT2D eigenvalue weighted by molar-refractivity contribution is -0.139. The third-order valence-corrected chi connectivity index (χ3v) is 2.88. The van der Waals surface area contributed by atoms with Gasteiger partial charge in [0.2, 0.25) is 5.91 Å². The molecule has 116 valence electrons. The highest BCUT2D eigenvalue weighted by atomic mass is 16.4. The Balaban J connectivity index is 2.67. The van der Waals surface area contributed by atoms with Crippen LogP contribution in [0.5, 0.6) is 0 Å². The number of hydrogen-bond acceptors (Lipinski definition) is 3. The van der Waals surface area contributed by atoms with Crippen molar-refractivity contribution in [3.8, 4) is 12.3 Å². The van der Waals surface area contributed by atoms with Gasteiger partial charge in [0.05, 0.1) is 0 Å². The van der Waals surface area contributed by atoms with E-state index in [0.29, 0.717) is 24.1 Å². The maximum atomic E-state index is 12.0. The lowest BCUT2D eigenvalue weighted by atomic mass is 10.1. The van der Waals surface area contributed by atoms with Gasteiger partial charge in [-0.25, -0.2) is 4.79 Å². The Kier molecular flexibility index (Phi) is 6.64. The van der Waals surface area contributed by atoms with Crippen LogP contribution in [0.3, 0.4) is 0 Å². The van der Waals surface area contributed by atoms with Crippen LogP contribution in [-0.4, -0.2) is 28.9 Å². The van der Waals surface area contributed by atoms with Gasteiger partial charge in [-0.3, -0.25) is 9.59 Å². The van der Waals surface area contributed by atoms with Crippen molar-refractivity contribution in [2.24, 2.45) is 0 Å². The van der Waals surface area contributed by atoms with Crippen LogP contribution in [-0.2, 0) is 9.59 Å². The Bertz CT molecular complexity index is 587. The van der Waals surface area contributed by atoms with Gasteiger partial charge >= 0.3 is 5.97 Å². The fourth-order valence-corrected chi connectivity index (χ4v) is 1.82. The van der Waals surface area contributed by atoms with E-state index in [2.05, 4.69) is 16.6 Å². The van der Waals surface area contributed by atoms with Crippen molar-refractivity contribution >= 4 is 23.5 Å². The van der Waals surface area contributed by atoms with E-state index >= 15 is 0 Å². The molecular formula is C16H18N2O4. The molecule has 0 saturated heterocycles. The van der Waals surface area contributed by atoms with E-state index in [1.807, 2.05) is 0 Å². The molecule has 0 aliphatic rings. The minimum absolute atomic E-state index is 0.211. The summed E-state index contributed by atoms with van der Waals surface area (Å²) in [7, 11) is 0. The predicted molar refractivity (Wildman–Crippen MR) is 82.3 cm³/mol. The molecule has 3 N–H and O–H groups in total. The molecule has 0 heterocycles. The molecule has 6 nitrogen and oxygen atoms in total. The van der Waals surface area contributed by atoms with Gasteiger partial charge in [0, 0.05) is 24.6 Å². The number of nitrogens with one attached hydrogen (secondary N) is 2. The van der Waals surface area contributed by atoms with Crippen LogP contribution in [0.4, 0.5) is 5.69 Å². The first-order chi connectivity index (χ1) is 10.4. The molecule has 1 atom stereocenters. The molecule has 1 aromatic rings. The molecule has 0 aliphatic carbocycles. The number of carbonyl (C=O) groups excluding carboxylic acids is 2. The largest absolute Gasteiger partial charge is 0.480 e. The minimum atomic E-state index is -1.10. The molecule has 22 heavy (non-hydrogen) atoms. The molecule has 0 unspecified atom stereocenters. The summed E-state index contributed by atoms with van der Waals surface area (Å²) >= 11 is 0. The number of amides is 2. The molecule has 1 rings (SSSR count). The molecular weight excluding hydrogens is 284 g/mol. The smallest absolute Gasteiger partial charge is 0.326 e. The first-order valence-corrected chi connectivity index (χ1v) is 6.79. The van der Waals surface area contributed by atoms with Crippen LogP contribution in [0.25, 0.3) is 0 Å². The number of rotatable bonds is 7. The summed E-state index contributed by atoms with van der Waals surface area (Å²) in [5, 5.41) is 14.1. The van der Waals surface area contributed by atoms with Gasteiger partial charge in [-0.05, 0) is 37.1 Å². The monoisotopic (exact) mass is 302 g/mol. The molecule has 6 heteroatoms. The van der Waals surface area contributed by atoms with Crippen LogP contribution in [0, 0.1) is 12.3 Å². The van der Waals surface area contributed by atoms with Crippen molar-refractivity contribution in [1.29, 1.82) is 0 Å². The second kappa shape index (κ2) is 8.47.